The molecule has 0 aliphatic heterocycles. The van der Waals surface area contributed by atoms with Gasteiger partial charge in [0.05, 0.1) is 0 Å². The average molecular weight is 210 g/mol. The van der Waals surface area contributed by atoms with Crippen LogP contribution in [-0.2, 0) is 0 Å². The third-order valence-electron chi connectivity index (χ3n) is 1.88. The van der Waals surface area contributed by atoms with Gasteiger partial charge in [0.2, 0.25) is 0 Å². The maximum absolute atomic E-state index is 12.2. The van der Waals surface area contributed by atoms with Crippen LogP contribution in [0.15, 0.2) is 0 Å². The number of alkyl halides is 6. The third kappa shape index (κ3) is 0.925. The lowest BCUT2D eigenvalue weighted by Crippen LogP contribution is -2.49. The highest BCUT2D eigenvalue weighted by Gasteiger charge is 2.85. The first-order valence-electron chi connectivity index (χ1n) is 3.06. The number of aliphatic hydroxyl groups excluding tert-OH is 2. The molecule has 0 spiro atoms. The van der Waals surface area contributed by atoms with Gasteiger partial charge in [-0.2, -0.15) is 26.3 Å². The molecule has 0 aromatic carbocycles. The number of aliphatic hydroxyl groups is 2. The van der Waals surface area contributed by atoms with Crippen molar-refractivity contribution in [2.75, 3.05) is 0 Å². The zero-order valence-corrected chi connectivity index (χ0v) is 5.82. The van der Waals surface area contributed by atoms with Gasteiger partial charge >= 0.3 is 17.8 Å². The second-order valence-electron chi connectivity index (χ2n) is 2.71. The van der Waals surface area contributed by atoms with Crippen LogP contribution in [0.5, 0.6) is 0 Å². The lowest BCUT2D eigenvalue weighted by Gasteiger charge is -2.23. The number of halogens is 6. The molecule has 13 heavy (non-hydrogen) atoms. The van der Waals surface area contributed by atoms with E-state index in [-0.39, 0.29) is 0 Å². The van der Waals surface area contributed by atoms with E-state index >= 15 is 0 Å². The summed E-state index contributed by atoms with van der Waals surface area (Å²) in [5, 5.41) is 16.5. The minimum Gasteiger partial charge on any atom is -0.384 e. The Morgan fingerprint density at radius 1 is 0.692 bits per heavy atom. The van der Waals surface area contributed by atoms with Crippen LogP contribution in [-0.4, -0.2) is 40.2 Å². The summed E-state index contributed by atoms with van der Waals surface area (Å²) in [6.45, 7) is 0. The van der Waals surface area contributed by atoms with E-state index in [1.165, 1.54) is 0 Å². The molecule has 2 N–H and O–H groups in total. The van der Waals surface area contributed by atoms with Crippen LogP contribution in [0.4, 0.5) is 26.3 Å². The second kappa shape index (κ2) is 2.30. The first kappa shape index (κ1) is 10.6. The fraction of sp³-hybridized carbons (Fsp3) is 1.00. The zero-order chi connectivity index (χ0) is 10.7. The van der Waals surface area contributed by atoms with E-state index in [9.17, 15) is 26.3 Å². The van der Waals surface area contributed by atoms with Crippen molar-refractivity contribution < 1.29 is 36.6 Å². The van der Waals surface area contributed by atoms with Crippen LogP contribution in [0, 0.1) is 0 Å². The molecule has 0 bridgehead atoms. The monoisotopic (exact) mass is 210 g/mol. The maximum atomic E-state index is 12.2. The van der Waals surface area contributed by atoms with Gasteiger partial charge in [-0.25, -0.2) is 0 Å². The highest BCUT2D eigenvalue weighted by Crippen LogP contribution is 2.56. The normalized spacial score (nSPS) is 40.6. The van der Waals surface area contributed by atoms with E-state index in [0.717, 1.165) is 0 Å². The van der Waals surface area contributed by atoms with Crippen molar-refractivity contribution in [3.63, 3.8) is 0 Å². The summed E-state index contributed by atoms with van der Waals surface area (Å²) in [4.78, 5) is 0. The number of hydrogen-bond donors (Lipinski definition) is 2. The molecular formula is C5H4F6O2. The quantitative estimate of drug-likeness (QED) is 0.575. The molecule has 1 aliphatic carbocycles. The Morgan fingerprint density at radius 3 is 1.00 bits per heavy atom. The minimum atomic E-state index is -5.74. The summed E-state index contributed by atoms with van der Waals surface area (Å²) in [6, 6.07) is 0. The highest BCUT2D eigenvalue weighted by atomic mass is 19.3. The standard InChI is InChI=1S/C5H4F6O2/c6-3(7)1(12)2(13)4(8,9)5(3,10)11/h1-2,12-13H/t1-,2-/m1/s1. The molecule has 0 saturated heterocycles. The molecule has 0 unspecified atom stereocenters. The molecule has 0 heterocycles. The third-order valence-corrected chi connectivity index (χ3v) is 1.88. The lowest BCUT2D eigenvalue weighted by atomic mass is 10.2. The van der Waals surface area contributed by atoms with Gasteiger partial charge in [-0.15, -0.1) is 0 Å². The van der Waals surface area contributed by atoms with Crippen LogP contribution in [0.25, 0.3) is 0 Å². The van der Waals surface area contributed by atoms with Gasteiger partial charge in [-0.1, -0.05) is 0 Å². The Bertz CT molecular complexity index is 205. The van der Waals surface area contributed by atoms with E-state index in [1.807, 2.05) is 0 Å². The Labute approximate surface area is 67.8 Å². The van der Waals surface area contributed by atoms with E-state index in [4.69, 9.17) is 10.2 Å². The molecule has 1 saturated carbocycles. The summed E-state index contributed by atoms with van der Waals surface area (Å²) in [5.74, 6) is -16.4. The first-order valence-corrected chi connectivity index (χ1v) is 3.06. The van der Waals surface area contributed by atoms with Crippen LogP contribution in [0.1, 0.15) is 0 Å². The van der Waals surface area contributed by atoms with E-state index in [2.05, 4.69) is 0 Å². The number of rotatable bonds is 0. The second-order valence-corrected chi connectivity index (χ2v) is 2.71. The topological polar surface area (TPSA) is 40.5 Å². The van der Waals surface area contributed by atoms with Gasteiger partial charge in [0, 0.05) is 0 Å². The van der Waals surface area contributed by atoms with Gasteiger partial charge in [-0.05, 0) is 0 Å². The fourth-order valence-corrected chi connectivity index (χ4v) is 0.990. The van der Waals surface area contributed by atoms with E-state index < -0.39 is 30.0 Å². The lowest BCUT2D eigenvalue weighted by molar-refractivity contribution is -0.285. The minimum absolute atomic E-state index is 3.46. The maximum Gasteiger partial charge on any atom is 0.377 e. The van der Waals surface area contributed by atoms with Crippen LogP contribution >= 0.6 is 0 Å². The van der Waals surface area contributed by atoms with Crippen molar-refractivity contribution >= 4 is 0 Å². The first-order chi connectivity index (χ1) is 5.57. The molecule has 78 valence electrons. The zero-order valence-electron chi connectivity index (χ0n) is 5.82. The van der Waals surface area contributed by atoms with Crippen molar-refractivity contribution in [2.24, 2.45) is 0 Å². The largest absolute Gasteiger partial charge is 0.384 e. The van der Waals surface area contributed by atoms with Crippen LogP contribution in [0.3, 0.4) is 0 Å². The van der Waals surface area contributed by atoms with Gasteiger partial charge in [-0.3, -0.25) is 0 Å². The molecule has 2 nitrogen and oxygen atoms in total. The Balaban J connectivity index is 3.23. The van der Waals surface area contributed by atoms with Gasteiger partial charge < -0.3 is 10.2 Å². The summed E-state index contributed by atoms with van der Waals surface area (Å²) < 4.78 is 73.2. The van der Waals surface area contributed by atoms with Gasteiger partial charge in [0.1, 0.15) is 0 Å². The molecule has 1 fully saturated rings. The predicted molar refractivity (Wildman–Crippen MR) is 26.9 cm³/mol. The highest BCUT2D eigenvalue weighted by molar-refractivity contribution is 5.14. The molecule has 0 aromatic rings. The van der Waals surface area contributed by atoms with Crippen molar-refractivity contribution in [1.29, 1.82) is 0 Å². The van der Waals surface area contributed by atoms with Crippen molar-refractivity contribution in [1.82, 2.24) is 0 Å². The SMILES string of the molecule is O[C@@H]1[C@@H](O)C(F)(F)C(F)(F)C1(F)F. The molecule has 0 amide bonds. The number of hydrogen-bond acceptors (Lipinski definition) is 2. The van der Waals surface area contributed by atoms with Crippen molar-refractivity contribution in [2.45, 2.75) is 30.0 Å². The summed E-state index contributed by atoms with van der Waals surface area (Å²) in [5.41, 5.74) is 0. The van der Waals surface area contributed by atoms with Crippen molar-refractivity contribution in [3.05, 3.63) is 0 Å². The average Bonchev–Trinajstić information content (AvgIpc) is 2.05. The molecule has 0 radical (unpaired) electrons. The van der Waals surface area contributed by atoms with Gasteiger partial charge in [0.15, 0.2) is 12.2 Å². The Hall–Kier alpha value is -0.500. The van der Waals surface area contributed by atoms with E-state index in [1.54, 1.807) is 0 Å². The molecule has 1 aliphatic rings. The summed E-state index contributed by atoms with van der Waals surface area (Å²) in [7, 11) is 0. The fourth-order valence-electron chi connectivity index (χ4n) is 0.990. The van der Waals surface area contributed by atoms with Gasteiger partial charge in [0.25, 0.3) is 0 Å². The molecule has 2 atom stereocenters. The van der Waals surface area contributed by atoms with Crippen LogP contribution < -0.4 is 0 Å². The molecular weight excluding hydrogens is 206 g/mol. The Kier molecular flexibility index (Phi) is 1.87. The molecule has 0 aromatic heterocycles. The molecule has 1 rings (SSSR count). The van der Waals surface area contributed by atoms with Crippen LogP contribution in [0.2, 0.25) is 0 Å². The Morgan fingerprint density at radius 2 is 0.923 bits per heavy atom. The molecule has 8 heteroatoms. The van der Waals surface area contributed by atoms with E-state index in [0.29, 0.717) is 0 Å². The summed E-state index contributed by atoms with van der Waals surface area (Å²) in [6.07, 6.45) is -6.92. The summed E-state index contributed by atoms with van der Waals surface area (Å²) >= 11 is 0. The predicted octanol–water partition coefficient (Wildman–Crippen LogP) is 0.628. The smallest absolute Gasteiger partial charge is 0.377 e. The van der Waals surface area contributed by atoms with Crippen molar-refractivity contribution in [3.8, 4) is 0 Å².